The number of thiazole rings is 1. The van der Waals surface area contributed by atoms with Crippen LogP contribution in [0.1, 0.15) is 40.1 Å². The van der Waals surface area contributed by atoms with E-state index in [9.17, 15) is 4.79 Å². The highest BCUT2D eigenvalue weighted by Crippen LogP contribution is 2.16. The molecule has 1 aromatic heterocycles. The zero-order chi connectivity index (χ0) is 12.1. The molecule has 1 heterocycles. The van der Waals surface area contributed by atoms with Crippen LogP contribution in [0.5, 0.6) is 0 Å². The summed E-state index contributed by atoms with van der Waals surface area (Å²) in [7, 11) is 0. The zero-order valence-corrected chi connectivity index (χ0v) is 11.4. The van der Waals surface area contributed by atoms with Crippen molar-refractivity contribution < 1.29 is 4.79 Å². The number of amides is 1. The molecule has 0 radical (unpaired) electrons. The molecule has 1 unspecified atom stereocenters. The third kappa shape index (κ3) is 3.76. The van der Waals surface area contributed by atoms with Crippen LogP contribution in [0, 0.1) is 13.8 Å². The first-order valence-corrected chi connectivity index (χ1v) is 6.66. The molecule has 0 aliphatic carbocycles. The number of aryl methyl sites for hydroxylation is 2. The molecular formula is C11H17ClN2OS. The van der Waals surface area contributed by atoms with Gasteiger partial charge in [-0.2, -0.15) is 0 Å². The van der Waals surface area contributed by atoms with Gasteiger partial charge < -0.3 is 5.32 Å². The van der Waals surface area contributed by atoms with Gasteiger partial charge in [0.15, 0.2) is 0 Å². The van der Waals surface area contributed by atoms with Crippen LogP contribution in [0.25, 0.3) is 0 Å². The molecular weight excluding hydrogens is 244 g/mol. The lowest BCUT2D eigenvalue weighted by Gasteiger charge is -2.08. The largest absolute Gasteiger partial charge is 0.350 e. The maximum atomic E-state index is 11.8. The smallest absolute Gasteiger partial charge is 0.263 e. The minimum absolute atomic E-state index is 0.0169. The average molecular weight is 261 g/mol. The van der Waals surface area contributed by atoms with E-state index < -0.39 is 0 Å². The van der Waals surface area contributed by atoms with E-state index in [1.165, 1.54) is 11.3 Å². The number of carbonyl (C=O) groups is 1. The Hall–Kier alpha value is -0.610. The Morgan fingerprint density at radius 2 is 2.25 bits per heavy atom. The summed E-state index contributed by atoms with van der Waals surface area (Å²) in [5.74, 6) is -0.0650. The predicted molar refractivity (Wildman–Crippen MR) is 68.5 cm³/mol. The van der Waals surface area contributed by atoms with Gasteiger partial charge in [0, 0.05) is 6.54 Å². The Bertz CT molecular complexity index is 365. The van der Waals surface area contributed by atoms with Gasteiger partial charge in [0.25, 0.3) is 5.91 Å². The molecule has 1 N–H and O–H groups in total. The van der Waals surface area contributed by atoms with Crippen LogP contribution < -0.4 is 5.32 Å². The molecule has 0 saturated carbocycles. The molecule has 0 aliphatic rings. The van der Waals surface area contributed by atoms with Crippen LogP contribution >= 0.6 is 22.9 Å². The first-order valence-electron chi connectivity index (χ1n) is 5.40. The minimum atomic E-state index is -0.0650. The van der Waals surface area contributed by atoms with E-state index in [0.717, 1.165) is 23.5 Å². The van der Waals surface area contributed by atoms with Crippen molar-refractivity contribution in [2.24, 2.45) is 0 Å². The van der Waals surface area contributed by atoms with Crippen molar-refractivity contribution in [3.63, 3.8) is 0 Å². The lowest BCUT2D eigenvalue weighted by atomic mass is 10.2. The van der Waals surface area contributed by atoms with Gasteiger partial charge in [-0.1, -0.05) is 13.3 Å². The van der Waals surface area contributed by atoms with E-state index >= 15 is 0 Å². The number of nitrogens with zero attached hydrogens (tertiary/aromatic N) is 1. The highest BCUT2D eigenvalue weighted by atomic mass is 35.5. The summed E-state index contributed by atoms with van der Waals surface area (Å²) in [6.45, 7) is 6.34. The topological polar surface area (TPSA) is 42.0 Å². The Kier molecular flexibility index (Phi) is 5.22. The Balaban J connectivity index is 2.50. The summed E-state index contributed by atoms with van der Waals surface area (Å²) >= 11 is 7.45. The van der Waals surface area contributed by atoms with Crippen LogP contribution in [0.3, 0.4) is 0 Å². The van der Waals surface area contributed by atoms with Gasteiger partial charge >= 0.3 is 0 Å². The van der Waals surface area contributed by atoms with Gasteiger partial charge in [-0.15, -0.1) is 22.9 Å². The van der Waals surface area contributed by atoms with Crippen molar-refractivity contribution in [3.8, 4) is 0 Å². The van der Waals surface area contributed by atoms with Crippen molar-refractivity contribution in [2.75, 3.05) is 6.54 Å². The van der Waals surface area contributed by atoms with Gasteiger partial charge in [0.05, 0.1) is 16.1 Å². The maximum absolute atomic E-state index is 11.8. The molecule has 16 heavy (non-hydrogen) atoms. The molecule has 1 aromatic rings. The number of alkyl halides is 1. The van der Waals surface area contributed by atoms with Crippen molar-refractivity contribution in [3.05, 3.63) is 15.6 Å². The number of carbonyl (C=O) groups excluding carboxylic acids is 1. The fourth-order valence-electron chi connectivity index (χ4n) is 1.44. The molecule has 5 heteroatoms. The maximum Gasteiger partial charge on any atom is 0.263 e. The van der Waals surface area contributed by atoms with Crippen LogP contribution in [-0.4, -0.2) is 22.8 Å². The van der Waals surface area contributed by atoms with E-state index in [2.05, 4.69) is 17.2 Å². The standard InChI is InChI=1S/C11H17ClN2OS/c1-4-5-9(12)6-13-11(15)10-7(2)14-8(3)16-10/h9H,4-6H2,1-3H3,(H,13,15). The third-order valence-electron chi connectivity index (χ3n) is 2.20. The van der Waals surface area contributed by atoms with Gasteiger partial charge in [0.1, 0.15) is 4.88 Å². The predicted octanol–water partition coefficient (Wildman–Crippen LogP) is 2.90. The fraction of sp³-hybridized carbons (Fsp3) is 0.636. The Morgan fingerprint density at radius 1 is 1.56 bits per heavy atom. The van der Waals surface area contributed by atoms with E-state index in [1.54, 1.807) is 0 Å². The fourth-order valence-corrected chi connectivity index (χ4v) is 2.57. The first kappa shape index (κ1) is 13.5. The first-order chi connectivity index (χ1) is 7.54. The van der Waals surface area contributed by atoms with Gasteiger partial charge in [-0.3, -0.25) is 4.79 Å². The van der Waals surface area contributed by atoms with E-state index in [1.807, 2.05) is 13.8 Å². The molecule has 1 atom stereocenters. The Labute approximate surface area is 105 Å². The van der Waals surface area contributed by atoms with Gasteiger partial charge in [-0.25, -0.2) is 4.98 Å². The van der Waals surface area contributed by atoms with Crippen molar-refractivity contribution >= 4 is 28.8 Å². The molecule has 0 saturated heterocycles. The molecule has 1 rings (SSSR count). The van der Waals surface area contributed by atoms with Crippen molar-refractivity contribution in [1.29, 1.82) is 0 Å². The molecule has 0 aliphatic heterocycles. The summed E-state index contributed by atoms with van der Waals surface area (Å²) in [4.78, 5) is 16.7. The lowest BCUT2D eigenvalue weighted by molar-refractivity contribution is 0.0956. The van der Waals surface area contributed by atoms with Crippen molar-refractivity contribution in [1.82, 2.24) is 10.3 Å². The number of hydrogen-bond donors (Lipinski definition) is 1. The highest BCUT2D eigenvalue weighted by Gasteiger charge is 2.14. The molecule has 0 aromatic carbocycles. The second kappa shape index (κ2) is 6.21. The number of rotatable bonds is 5. The lowest BCUT2D eigenvalue weighted by Crippen LogP contribution is -2.29. The minimum Gasteiger partial charge on any atom is -0.350 e. The Morgan fingerprint density at radius 3 is 2.75 bits per heavy atom. The molecule has 3 nitrogen and oxygen atoms in total. The van der Waals surface area contributed by atoms with Gasteiger partial charge in [-0.05, 0) is 20.3 Å². The number of halogens is 1. The van der Waals surface area contributed by atoms with Gasteiger partial charge in [0.2, 0.25) is 0 Å². The summed E-state index contributed by atoms with van der Waals surface area (Å²) in [5, 5.41) is 3.77. The highest BCUT2D eigenvalue weighted by molar-refractivity contribution is 7.13. The van der Waals surface area contributed by atoms with Crippen LogP contribution in [0.4, 0.5) is 0 Å². The third-order valence-corrected chi connectivity index (χ3v) is 3.64. The molecule has 0 spiro atoms. The second-order valence-electron chi connectivity index (χ2n) is 3.74. The molecule has 0 fully saturated rings. The van der Waals surface area contributed by atoms with E-state index in [4.69, 9.17) is 11.6 Å². The number of hydrogen-bond acceptors (Lipinski definition) is 3. The van der Waals surface area contributed by atoms with Crippen molar-refractivity contribution in [2.45, 2.75) is 39.0 Å². The molecule has 1 amide bonds. The SMILES string of the molecule is CCCC(Cl)CNC(=O)c1sc(C)nc1C. The zero-order valence-electron chi connectivity index (χ0n) is 9.84. The molecule has 0 bridgehead atoms. The molecule has 90 valence electrons. The van der Waals surface area contributed by atoms with Crippen LogP contribution in [0.15, 0.2) is 0 Å². The summed E-state index contributed by atoms with van der Waals surface area (Å²) in [6, 6.07) is 0. The monoisotopic (exact) mass is 260 g/mol. The summed E-state index contributed by atoms with van der Waals surface area (Å²) in [5.41, 5.74) is 0.793. The second-order valence-corrected chi connectivity index (χ2v) is 5.56. The van der Waals surface area contributed by atoms with E-state index in [-0.39, 0.29) is 11.3 Å². The summed E-state index contributed by atoms with van der Waals surface area (Å²) in [6.07, 6.45) is 1.95. The quantitative estimate of drug-likeness (QED) is 0.828. The average Bonchev–Trinajstić information content (AvgIpc) is 2.55. The summed E-state index contributed by atoms with van der Waals surface area (Å²) < 4.78 is 0. The van der Waals surface area contributed by atoms with Crippen LogP contribution in [-0.2, 0) is 0 Å². The number of nitrogens with one attached hydrogen (secondary N) is 1. The number of aromatic nitrogens is 1. The normalized spacial score (nSPS) is 12.5. The van der Waals surface area contributed by atoms with E-state index in [0.29, 0.717) is 11.4 Å². The van der Waals surface area contributed by atoms with Crippen LogP contribution in [0.2, 0.25) is 0 Å².